The van der Waals surface area contributed by atoms with Crippen LogP contribution in [0.1, 0.15) is 23.6 Å². The number of thioether (sulfide) groups is 1. The summed E-state index contributed by atoms with van der Waals surface area (Å²) in [5.41, 5.74) is 2.65. The molecule has 0 aromatic heterocycles. The summed E-state index contributed by atoms with van der Waals surface area (Å²) in [6.45, 7) is 4.32. The molecule has 3 nitrogen and oxygen atoms in total. The van der Waals surface area contributed by atoms with Crippen LogP contribution in [0.3, 0.4) is 0 Å². The number of benzene rings is 2. The number of ether oxygens (including phenoxy) is 1. The summed E-state index contributed by atoms with van der Waals surface area (Å²) in [5.74, 6) is 0.922. The molecule has 1 fully saturated rings. The molecule has 0 aliphatic carbocycles. The van der Waals surface area contributed by atoms with Gasteiger partial charge in [0.25, 0.3) is 0 Å². The van der Waals surface area contributed by atoms with E-state index in [9.17, 15) is 0 Å². The Kier molecular flexibility index (Phi) is 6.18. The minimum absolute atomic E-state index is 0.274. The third-order valence-corrected chi connectivity index (χ3v) is 5.32. The largest absolute Gasteiger partial charge is 0.497 e. The molecule has 0 bridgehead atoms. The molecular formula is C20H26N2OS. The van der Waals surface area contributed by atoms with Crippen molar-refractivity contribution >= 4 is 11.8 Å². The van der Waals surface area contributed by atoms with Gasteiger partial charge in [0.05, 0.1) is 13.2 Å². The zero-order chi connectivity index (χ0) is 16.8. The van der Waals surface area contributed by atoms with Gasteiger partial charge in [-0.15, -0.1) is 11.8 Å². The molecule has 1 heterocycles. The van der Waals surface area contributed by atoms with Crippen molar-refractivity contribution in [2.24, 2.45) is 0 Å². The van der Waals surface area contributed by atoms with Crippen LogP contribution >= 0.6 is 11.8 Å². The molecule has 1 aliphatic heterocycles. The fourth-order valence-electron chi connectivity index (χ4n) is 3.34. The van der Waals surface area contributed by atoms with Gasteiger partial charge in [0.1, 0.15) is 5.75 Å². The van der Waals surface area contributed by atoms with Gasteiger partial charge in [-0.3, -0.25) is 4.90 Å². The second-order valence-corrected chi connectivity index (χ2v) is 6.97. The summed E-state index contributed by atoms with van der Waals surface area (Å²) in [6, 6.07) is 17.8. The quantitative estimate of drug-likeness (QED) is 0.835. The van der Waals surface area contributed by atoms with Crippen molar-refractivity contribution in [1.82, 2.24) is 10.2 Å². The van der Waals surface area contributed by atoms with Crippen molar-refractivity contribution in [2.45, 2.75) is 17.4 Å². The summed E-state index contributed by atoms with van der Waals surface area (Å²) in [6.07, 6.45) is 3.30. The normalized spacial score (nSPS) is 17.2. The van der Waals surface area contributed by atoms with Gasteiger partial charge in [-0.25, -0.2) is 0 Å². The molecule has 4 heteroatoms. The molecule has 3 rings (SSSR count). The molecule has 0 amide bonds. The van der Waals surface area contributed by atoms with Crippen LogP contribution in [-0.2, 0) is 0 Å². The molecule has 0 radical (unpaired) electrons. The van der Waals surface area contributed by atoms with E-state index in [-0.39, 0.29) is 6.04 Å². The smallest absolute Gasteiger partial charge is 0.119 e. The highest BCUT2D eigenvalue weighted by atomic mass is 32.2. The minimum atomic E-state index is 0.274. The zero-order valence-corrected chi connectivity index (χ0v) is 15.3. The predicted octanol–water partition coefficient (Wildman–Crippen LogP) is 3.80. The summed E-state index contributed by atoms with van der Waals surface area (Å²) in [5, 5.41) is 3.51. The minimum Gasteiger partial charge on any atom is -0.497 e. The monoisotopic (exact) mass is 342 g/mol. The molecule has 24 heavy (non-hydrogen) atoms. The van der Waals surface area contributed by atoms with Crippen LogP contribution in [0.25, 0.3) is 0 Å². The van der Waals surface area contributed by atoms with Gasteiger partial charge in [0, 0.05) is 24.5 Å². The molecular weight excluding hydrogens is 316 g/mol. The summed E-state index contributed by atoms with van der Waals surface area (Å²) in [7, 11) is 1.73. The number of nitrogens with one attached hydrogen (secondary N) is 1. The number of nitrogens with zero attached hydrogens (tertiary/aromatic N) is 1. The molecule has 2 aromatic rings. The van der Waals surface area contributed by atoms with E-state index in [0.717, 1.165) is 31.9 Å². The second kappa shape index (κ2) is 8.56. The van der Waals surface area contributed by atoms with E-state index < -0.39 is 0 Å². The topological polar surface area (TPSA) is 24.5 Å². The lowest BCUT2D eigenvalue weighted by molar-refractivity contribution is 0.240. The fourth-order valence-corrected chi connectivity index (χ4v) is 3.74. The molecule has 1 N–H and O–H groups in total. The van der Waals surface area contributed by atoms with Crippen LogP contribution in [0.15, 0.2) is 53.4 Å². The first kappa shape index (κ1) is 17.3. The Balaban J connectivity index is 1.97. The molecule has 0 saturated carbocycles. The standard InChI is InChI=1S/C20H26N2OS/c1-23-18-6-3-5-17(15-18)20(22-13-4-11-21-12-14-22)16-7-9-19(24-2)10-8-16/h3,5-10,15,20-21H,4,11-14H2,1-2H3. The molecule has 1 atom stereocenters. The Morgan fingerprint density at radius 3 is 2.62 bits per heavy atom. The predicted molar refractivity (Wildman–Crippen MR) is 102 cm³/mol. The highest BCUT2D eigenvalue weighted by molar-refractivity contribution is 7.98. The van der Waals surface area contributed by atoms with Gasteiger partial charge in [0.2, 0.25) is 0 Å². The first-order chi connectivity index (χ1) is 11.8. The van der Waals surface area contributed by atoms with Crippen LogP contribution in [0.5, 0.6) is 5.75 Å². The number of methoxy groups -OCH3 is 1. The van der Waals surface area contributed by atoms with Gasteiger partial charge in [-0.1, -0.05) is 24.3 Å². The maximum Gasteiger partial charge on any atom is 0.119 e. The molecule has 0 spiro atoms. The van der Waals surface area contributed by atoms with Gasteiger partial charge in [-0.05, 0) is 54.6 Å². The van der Waals surface area contributed by atoms with E-state index in [4.69, 9.17) is 4.74 Å². The number of hydrogen-bond donors (Lipinski definition) is 1. The molecule has 1 saturated heterocycles. The second-order valence-electron chi connectivity index (χ2n) is 6.09. The van der Waals surface area contributed by atoms with Gasteiger partial charge >= 0.3 is 0 Å². The zero-order valence-electron chi connectivity index (χ0n) is 14.5. The van der Waals surface area contributed by atoms with Gasteiger partial charge in [-0.2, -0.15) is 0 Å². The third kappa shape index (κ3) is 4.12. The van der Waals surface area contributed by atoms with E-state index >= 15 is 0 Å². The molecule has 2 aromatic carbocycles. The molecule has 128 valence electrons. The Morgan fingerprint density at radius 2 is 1.88 bits per heavy atom. The number of rotatable bonds is 5. The SMILES string of the molecule is COc1cccc(C(c2ccc(SC)cc2)N2CCCNCC2)c1. The maximum atomic E-state index is 5.46. The van der Waals surface area contributed by atoms with Crippen molar-refractivity contribution in [3.8, 4) is 5.75 Å². The summed E-state index contributed by atoms with van der Waals surface area (Å²) < 4.78 is 5.46. The van der Waals surface area contributed by atoms with Gasteiger partial charge < -0.3 is 10.1 Å². The van der Waals surface area contributed by atoms with Crippen LogP contribution in [-0.4, -0.2) is 44.4 Å². The Morgan fingerprint density at radius 1 is 1.04 bits per heavy atom. The van der Waals surface area contributed by atoms with E-state index in [2.05, 4.69) is 58.9 Å². The summed E-state index contributed by atoms with van der Waals surface area (Å²) in [4.78, 5) is 3.89. The first-order valence-corrected chi connectivity index (χ1v) is 9.77. The van der Waals surface area contributed by atoms with Crippen molar-refractivity contribution in [3.05, 3.63) is 59.7 Å². The highest BCUT2D eigenvalue weighted by Crippen LogP contribution is 2.32. The lowest BCUT2D eigenvalue weighted by Crippen LogP contribution is -2.33. The van der Waals surface area contributed by atoms with Crippen LogP contribution in [0.4, 0.5) is 0 Å². The van der Waals surface area contributed by atoms with Crippen molar-refractivity contribution in [3.63, 3.8) is 0 Å². The Labute approximate surface area is 149 Å². The average Bonchev–Trinajstić information content (AvgIpc) is 2.92. The van der Waals surface area contributed by atoms with E-state index in [1.54, 1.807) is 18.9 Å². The van der Waals surface area contributed by atoms with Crippen LogP contribution in [0.2, 0.25) is 0 Å². The highest BCUT2D eigenvalue weighted by Gasteiger charge is 2.23. The van der Waals surface area contributed by atoms with E-state index in [1.807, 2.05) is 6.07 Å². The lowest BCUT2D eigenvalue weighted by atomic mass is 9.96. The average molecular weight is 343 g/mol. The first-order valence-electron chi connectivity index (χ1n) is 8.54. The van der Waals surface area contributed by atoms with E-state index in [0.29, 0.717) is 0 Å². The van der Waals surface area contributed by atoms with E-state index in [1.165, 1.54) is 22.4 Å². The maximum absolute atomic E-state index is 5.46. The summed E-state index contributed by atoms with van der Waals surface area (Å²) >= 11 is 1.79. The Hall–Kier alpha value is -1.49. The van der Waals surface area contributed by atoms with Crippen LogP contribution < -0.4 is 10.1 Å². The van der Waals surface area contributed by atoms with Crippen molar-refractivity contribution < 1.29 is 4.74 Å². The molecule has 1 aliphatic rings. The Bertz CT molecular complexity index is 636. The van der Waals surface area contributed by atoms with Gasteiger partial charge in [0.15, 0.2) is 0 Å². The number of hydrogen-bond acceptors (Lipinski definition) is 4. The van der Waals surface area contributed by atoms with Crippen LogP contribution in [0, 0.1) is 0 Å². The third-order valence-electron chi connectivity index (χ3n) is 4.58. The van der Waals surface area contributed by atoms with Crippen molar-refractivity contribution in [1.29, 1.82) is 0 Å². The molecule has 1 unspecified atom stereocenters. The van der Waals surface area contributed by atoms with Crippen molar-refractivity contribution in [2.75, 3.05) is 39.5 Å². The fraction of sp³-hybridized carbons (Fsp3) is 0.400. The lowest BCUT2D eigenvalue weighted by Gasteiger charge is -2.31.